The molecule has 0 unspecified atom stereocenters. The number of ether oxygens (including phenoxy) is 5. The molecule has 14 nitrogen and oxygen atoms in total. The lowest BCUT2D eigenvalue weighted by atomic mass is 9.88. The number of carbonyl (C=O) groups is 4. The second kappa shape index (κ2) is 23.4. The molecular formula is C57H64ClN4O10S2+. The number of nitrogens with zero attached hydrogens (tertiary/aromatic N) is 4. The molecule has 0 radical (unpaired) electrons. The minimum atomic E-state index is -1.52. The standard InChI is InChI=1S/C57H64ClN4O10S2/c1-35(63)51-42(33-74-54-45(53(65)61(51)54)28-48(64)50(47-34-73-36(2)59-47)60-72-57(6,7)55(66)71-56(3,4)5)21-16-37-12-14-38(15-13-37)29-62(8,9)30-41-26-46(58)52(70-32-40-19-24-44(68-11)25-20-40)49(27-41)69-31-39-17-22-43(67-10)23-18-39/h12-27,34,45,54H,28-33H2,1-11H3/q+1/b21-16?,60-50-/t45-,54-/m1/s1. The number of halogens is 1. The van der Waals surface area contributed by atoms with Crippen LogP contribution in [0.1, 0.15) is 86.5 Å². The first-order valence-corrected chi connectivity index (χ1v) is 26.4. The summed E-state index contributed by atoms with van der Waals surface area (Å²) in [6.07, 6.45) is 3.65. The van der Waals surface area contributed by atoms with Crippen LogP contribution in [0, 0.1) is 12.8 Å². The number of aryl methyl sites for hydroxylation is 1. The Morgan fingerprint density at radius 3 is 2.00 bits per heavy atom. The molecule has 2 aliphatic rings. The summed E-state index contributed by atoms with van der Waals surface area (Å²) in [5.74, 6) is 0.604. The van der Waals surface area contributed by atoms with Crippen molar-refractivity contribution in [1.82, 2.24) is 9.88 Å². The number of hydrogen-bond acceptors (Lipinski definition) is 14. The normalized spacial score (nSPS) is 16.1. The molecule has 1 amide bonds. The van der Waals surface area contributed by atoms with Gasteiger partial charge in [0, 0.05) is 35.6 Å². The number of Topliss-reactive ketones (excluding diaryl/α,β-unsaturated/α-hetero) is 2. The Morgan fingerprint density at radius 2 is 1.43 bits per heavy atom. The van der Waals surface area contributed by atoms with Gasteiger partial charge in [0.1, 0.15) is 49.1 Å². The number of methoxy groups -OCH3 is 2. The molecule has 4 aromatic carbocycles. The van der Waals surface area contributed by atoms with Crippen molar-refractivity contribution in [3.8, 4) is 23.0 Å². The maximum absolute atomic E-state index is 13.9. The van der Waals surface area contributed by atoms with Gasteiger partial charge in [0.25, 0.3) is 0 Å². The number of ketones is 2. The van der Waals surface area contributed by atoms with E-state index in [0.29, 0.717) is 57.2 Å². The number of carbonyl (C=O) groups excluding carboxylic acids is 4. The molecule has 74 heavy (non-hydrogen) atoms. The van der Waals surface area contributed by atoms with E-state index in [1.165, 1.54) is 48.8 Å². The highest BCUT2D eigenvalue weighted by Gasteiger charge is 2.53. The van der Waals surface area contributed by atoms with Crippen LogP contribution in [0.4, 0.5) is 0 Å². The van der Waals surface area contributed by atoms with E-state index in [9.17, 15) is 19.2 Å². The zero-order valence-corrected chi connectivity index (χ0v) is 46.2. The molecule has 0 saturated carbocycles. The summed E-state index contributed by atoms with van der Waals surface area (Å²) in [6.45, 7) is 13.4. The fourth-order valence-electron chi connectivity index (χ4n) is 8.36. The van der Waals surface area contributed by atoms with E-state index in [2.05, 4.69) is 36.4 Å². The molecule has 3 heterocycles. The molecule has 1 saturated heterocycles. The Hall–Kier alpha value is -6.46. The third kappa shape index (κ3) is 14.0. The second-order valence-electron chi connectivity index (χ2n) is 20.4. The molecule has 0 aliphatic carbocycles. The number of thioether (sulfide) groups is 1. The molecule has 17 heteroatoms. The largest absolute Gasteiger partial charge is 0.497 e. The van der Waals surface area contributed by atoms with Gasteiger partial charge in [-0.15, -0.1) is 23.1 Å². The molecule has 390 valence electrons. The van der Waals surface area contributed by atoms with E-state index in [4.69, 9.17) is 40.1 Å². The van der Waals surface area contributed by atoms with Gasteiger partial charge < -0.3 is 33.0 Å². The first-order chi connectivity index (χ1) is 35.0. The first-order valence-electron chi connectivity index (χ1n) is 24.1. The average molecular weight is 1060 g/mol. The van der Waals surface area contributed by atoms with Gasteiger partial charge >= 0.3 is 5.97 Å². The van der Waals surface area contributed by atoms with Gasteiger partial charge in [-0.3, -0.25) is 19.3 Å². The Balaban J connectivity index is 1.00. The minimum Gasteiger partial charge on any atom is -0.497 e. The van der Waals surface area contributed by atoms with E-state index in [1.54, 1.807) is 47.3 Å². The maximum atomic E-state index is 13.9. The lowest BCUT2D eigenvalue weighted by molar-refractivity contribution is -0.916. The summed E-state index contributed by atoms with van der Waals surface area (Å²) < 4.78 is 29.5. The lowest BCUT2D eigenvalue weighted by Crippen LogP contribution is -2.61. The Morgan fingerprint density at radius 1 is 0.838 bits per heavy atom. The fraction of sp³-hybridized carbons (Fsp3) is 0.368. The van der Waals surface area contributed by atoms with Crippen molar-refractivity contribution in [2.75, 3.05) is 34.1 Å². The molecule has 2 aliphatic heterocycles. The number of allylic oxidation sites excluding steroid dienone is 2. The van der Waals surface area contributed by atoms with E-state index < -0.39 is 34.2 Å². The molecule has 0 N–H and O–H groups in total. The van der Waals surface area contributed by atoms with Crippen LogP contribution in [-0.2, 0) is 55.1 Å². The Labute approximate surface area is 446 Å². The summed E-state index contributed by atoms with van der Waals surface area (Å²) in [4.78, 5) is 65.5. The number of aromatic nitrogens is 1. The van der Waals surface area contributed by atoms with Crippen molar-refractivity contribution < 1.29 is 52.2 Å². The average Bonchev–Trinajstić information content (AvgIpc) is 3.78. The number of hydrogen-bond donors (Lipinski definition) is 0. The van der Waals surface area contributed by atoms with Crippen LogP contribution in [-0.4, -0.2) is 94.2 Å². The number of benzene rings is 4. The van der Waals surface area contributed by atoms with Gasteiger partial charge in [0.15, 0.2) is 28.8 Å². The van der Waals surface area contributed by atoms with E-state index in [-0.39, 0.29) is 36.1 Å². The maximum Gasteiger partial charge on any atom is 0.353 e. The smallest absolute Gasteiger partial charge is 0.353 e. The number of β-lactam (4-membered cyclic amide) rings is 1. The Kier molecular flexibility index (Phi) is 17.5. The van der Waals surface area contributed by atoms with Crippen LogP contribution in [0.2, 0.25) is 5.02 Å². The second-order valence-corrected chi connectivity index (χ2v) is 22.9. The zero-order chi connectivity index (χ0) is 53.5. The van der Waals surface area contributed by atoms with Crippen molar-refractivity contribution in [3.63, 3.8) is 0 Å². The zero-order valence-electron chi connectivity index (χ0n) is 43.8. The predicted octanol–water partition coefficient (Wildman–Crippen LogP) is 10.9. The molecule has 1 aromatic heterocycles. The quantitative estimate of drug-likeness (QED) is 0.0213. The van der Waals surface area contributed by atoms with Crippen LogP contribution in [0.5, 0.6) is 23.0 Å². The van der Waals surface area contributed by atoms with Crippen LogP contribution in [0.15, 0.2) is 113 Å². The van der Waals surface area contributed by atoms with Gasteiger partial charge in [-0.1, -0.05) is 77.4 Å². The highest BCUT2D eigenvalue weighted by Crippen LogP contribution is 2.46. The molecule has 2 atom stereocenters. The number of amides is 1. The molecule has 0 bridgehead atoms. The van der Waals surface area contributed by atoms with Crippen LogP contribution >= 0.6 is 34.7 Å². The molecule has 7 rings (SSSR count). The van der Waals surface area contributed by atoms with Crippen LogP contribution in [0.3, 0.4) is 0 Å². The highest BCUT2D eigenvalue weighted by molar-refractivity contribution is 8.00. The van der Waals surface area contributed by atoms with Crippen LogP contribution in [0.25, 0.3) is 6.08 Å². The molecular weight excluding hydrogens is 1000 g/mol. The summed E-state index contributed by atoms with van der Waals surface area (Å²) >= 11 is 9.81. The summed E-state index contributed by atoms with van der Waals surface area (Å²) in [5.41, 5.74) is 3.91. The number of esters is 1. The number of rotatable bonds is 22. The van der Waals surface area contributed by atoms with Crippen LogP contribution < -0.4 is 18.9 Å². The molecule has 0 spiro atoms. The van der Waals surface area contributed by atoms with Crippen molar-refractivity contribution in [1.29, 1.82) is 0 Å². The highest BCUT2D eigenvalue weighted by atomic mass is 35.5. The minimum absolute atomic E-state index is 0.0956. The van der Waals surface area contributed by atoms with Gasteiger partial charge in [0.2, 0.25) is 11.5 Å². The first kappa shape index (κ1) is 55.3. The van der Waals surface area contributed by atoms with Crippen molar-refractivity contribution in [3.05, 3.63) is 151 Å². The fourth-order valence-corrected chi connectivity index (χ4v) is 10.6. The summed E-state index contributed by atoms with van der Waals surface area (Å²) in [6, 6.07) is 27.6. The third-order valence-corrected chi connectivity index (χ3v) is 14.5. The van der Waals surface area contributed by atoms with Gasteiger partial charge in [-0.05, 0) is 100 Å². The Bertz CT molecular complexity index is 2960. The summed E-state index contributed by atoms with van der Waals surface area (Å²) in [7, 11) is 7.59. The molecule has 1 fully saturated rings. The van der Waals surface area contributed by atoms with Gasteiger partial charge in [-0.2, -0.15) is 0 Å². The van der Waals surface area contributed by atoms with Gasteiger partial charge in [-0.25, -0.2) is 9.78 Å². The monoisotopic (exact) mass is 1060 g/mol. The lowest BCUT2D eigenvalue weighted by Gasteiger charge is -2.49. The topological polar surface area (TPSA) is 152 Å². The number of thiazole rings is 1. The third-order valence-electron chi connectivity index (χ3n) is 12.1. The van der Waals surface area contributed by atoms with Crippen molar-refractivity contribution in [2.24, 2.45) is 11.1 Å². The number of quaternary nitrogens is 1. The molecule has 5 aromatic rings. The van der Waals surface area contributed by atoms with Crippen molar-refractivity contribution >= 4 is 69.9 Å². The van der Waals surface area contributed by atoms with E-state index in [1.807, 2.05) is 84.9 Å². The number of fused-ring (bicyclic) bond motifs is 1. The van der Waals surface area contributed by atoms with Crippen molar-refractivity contribution in [2.45, 2.75) is 97.8 Å². The SMILES string of the molecule is COc1ccc(COc2cc(C[N+](C)(C)Cc3ccc(C=CC4=C(C(C)=O)N5C(=O)[C@@H](CC(=O)/C(=N\OC(C)(C)C(=O)OC(C)(C)C)c6csc(C)n6)[C@H]5SC4)cc3)cc(Cl)c2OCc2ccc(OC)cc2)cc1. The van der Waals surface area contributed by atoms with Gasteiger partial charge in [0.05, 0.1) is 55.3 Å². The summed E-state index contributed by atoms with van der Waals surface area (Å²) in [5, 5.41) is 6.56. The van der Waals surface area contributed by atoms with E-state index >= 15 is 0 Å². The number of oxime groups is 1. The van der Waals surface area contributed by atoms with E-state index in [0.717, 1.165) is 44.9 Å². The predicted molar refractivity (Wildman–Crippen MR) is 289 cm³/mol.